The Morgan fingerprint density at radius 2 is 1.89 bits per heavy atom. The fourth-order valence-electron chi connectivity index (χ4n) is 1.75. The van der Waals surface area contributed by atoms with Gasteiger partial charge in [0.05, 0.1) is 0 Å². The normalized spacial score (nSPS) is 18.4. The number of carbonyl (C=O) groups is 2. The average Bonchev–Trinajstić information content (AvgIpc) is 2.69. The molecule has 1 fully saturated rings. The van der Waals surface area contributed by atoms with Crippen molar-refractivity contribution in [3.05, 3.63) is 29.8 Å². The zero-order chi connectivity index (χ0) is 13.8. The van der Waals surface area contributed by atoms with Gasteiger partial charge in [0.1, 0.15) is 18.4 Å². The van der Waals surface area contributed by atoms with Crippen molar-refractivity contribution in [1.82, 2.24) is 15.5 Å². The van der Waals surface area contributed by atoms with Gasteiger partial charge in [0, 0.05) is 6.54 Å². The number of hydrogen-bond donors (Lipinski definition) is 2. The Kier molecular flexibility index (Phi) is 4.01. The van der Waals surface area contributed by atoms with E-state index in [1.165, 1.54) is 0 Å². The third-order valence-electron chi connectivity index (χ3n) is 2.80. The molecule has 0 saturated carbocycles. The SMILES string of the molecule is CN(C)CCOc1ccc([C@H]2NC(=O)NC2=O)cc1. The Morgan fingerprint density at radius 1 is 1.21 bits per heavy atom. The Bertz CT molecular complexity index is 471. The van der Waals surface area contributed by atoms with Gasteiger partial charge in [0.25, 0.3) is 5.91 Å². The molecule has 2 rings (SSSR count). The highest BCUT2D eigenvalue weighted by Gasteiger charge is 2.30. The lowest BCUT2D eigenvalue weighted by Crippen LogP contribution is -2.22. The van der Waals surface area contributed by atoms with Crippen LogP contribution < -0.4 is 15.4 Å². The van der Waals surface area contributed by atoms with E-state index in [0.717, 1.165) is 17.9 Å². The third-order valence-corrected chi connectivity index (χ3v) is 2.80. The Morgan fingerprint density at radius 3 is 2.42 bits per heavy atom. The molecule has 102 valence electrons. The smallest absolute Gasteiger partial charge is 0.322 e. The summed E-state index contributed by atoms with van der Waals surface area (Å²) in [5.74, 6) is 0.418. The third kappa shape index (κ3) is 3.45. The van der Waals surface area contributed by atoms with E-state index in [1.807, 2.05) is 19.0 Å². The maximum Gasteiger partial charge on any atom is 0.322 e. The van der Waals surface area contributed by atoms with Gasteiger partial charge in [-0.05, 0) is 31.8 Å². The van der Waals surface area contributed by atoms with Crippen LogP contribution in [0, 0.1) is 0 Å². The highest BCUT2D eigenvalue weighted by molar-refractivity contribution is 6.04. The van der Waals surface area contributed by atoms with Crippen molar-refractivity contribution >= 4 is 11.9 Å². The van der Waals surface area contributed by atoms with Gasteiger partial charge in [-0.1, -0.05) is 12.1 Å². The topological polar surface area (TPSA) is 70.7 Å². The molecule has 0 aromatic heterocycles. The first-order chi connectivity index (χ1) is 9.06. The van der Waals surface area contributed by atoms with E-state index in [0.29, 0.717) is 6.61 Å². The summed E-state index contributed by atoms with van der Waals surface area (Å²) in [5, 5.41) is 4.75. The second kappa shape index (κ2) is 5.71. The van der Waals surface area contributed by atoms with Crippen molar-refractivity contribution in [2.45, 2.75) is 6.04 Å². The molecule has 0 aliphatic carbocycles. The second-order valence-electron chi connectivity index (χ2n) is 4.62. The summed E-state index contributed by atoms with van der Waals surface area (Å²) < 4.78 is 5.55. The number of likely N-dealkylation sites (N-methyl/N-ethyl adjacent to an activating group) is 1. The van der Waals surface area contributed by atoms with E-state index in [1.54, 1.807) is 24.3 Å². The highest BCUT2D eigenvalue weighted by atomic mass is 16.5. The van der Waals surface area contributed by atoms with Crippen LogP contribution in [0.25, 0.3) is 0 Å². The van der Waals surface area contributed by atoms with Crippen molar-refractivity contribution in [3.8, 4) is 5.75 Å². The molecule has 6 heteroatoms. The molecule has 1 aromatic rings. The van der Waals surface area contributed by atoms with Crippen molar-refractivity contribution in [1.29, 1.82) is 0 Å². The molecule has 1 aliphatic heterocycles. The number of hydrogen-bond acceptors (Lipinski definition) is 4. The molecule has 3 amide bonds. The van der Waals surface area contributed by atoms with Crippen LogP contribution in [0.3, 0.4) is 0 Å². The van der Waals surface area contributed by atoms with Crippen LogP contribution in [0.5, 0.6) is 5.75 Å². The van der Waals surface area contributed by atoms with Crippen molar-refractivity contribution < 1.29 is 14.3 Å². The predicted molar refractivity (Wildman–Crippen MR) is 69.9 cm³/mol. The quantitative estimate of drug-likeness (QED) is 0.759. The summed E-state index contributed by atoms with van der Waals surface area (Å²) in [6, 6.07) is 6.08. The zero-order valence-electron chi connectivity index (χ0n) is 11.0. The first kappa shape index (κ1) is 13.4. The van der Waals surface area contributed by atoms with Gasteiger partial charge in [0.15, 0.2) is 0 Å². The first-order valence-corrected chi connectivity index (χ1v) is 6.05. The molecule has 0 radical (unpaired) electrons. The number of nitrogens with zero attached hydrogens (tertiary/aromatic N) is 1. The molecule has 2 N–H and O–H groups in total. The van der Waals surface area contributed by atoms with E-state index >= 15 is 0 Å². The Hall–Kier alpha value is -2.08. The van der Waals surface area contributed by atoms with Crippen LogP contribution in [0.2, 0.25) is 0 Å². The van der Waals surface area contributed by atoms with Gasteiger partial charge in [-0.25, -0.2) is 4.79 Å². The minimum atomic E-state index is -0.608. The number of benzene rings is 1. The van der Waals surface area contributed by atoms with E-state index in [4.69, 9.17) is 4.74 Å². The largest absolute Gasteiger partial charge is 0.492 e. The number of rotatable bonds is 5. The fraction of sp³-hybridized carbons (Fsp3) is 0.385. The number of amides is 3. The fourth-order valence-corrected chi connectivity index (χ4v) is 1.75. The molecule has 1 saturated heterocycles. The molecule has 0 spiro atoms. The lowest BCUT2D eigenvalue weighted by atomic mass is 10.1. The van der Waals surface area contributed by atoms with Gasteiger partial charge < -0.3 is 15.0 Å². The van der Waals surface area contributed by atoms with Crippen LogP contribution in [0.4, 0.5) is 4.79 Å². The lowest BCUT2D eigenvalue weighted by Gasteiger charge is -2.12. The van der Waals surface area contributed by atoms with Crippen molar-refractivity contribution in [3.63, 3.8) is 0 Å². The second-order valence-corrected chi connectivity index (χ2v) is 4.62. The van der Waals surface area contributed by atoms with E-state index in [9.17, 15) is 9.59 Å². The van der Waals surface area contributed by atoms with Crippen molar-refractivity contribution in [2.75, 3.05) is 27.2 Å². The Labute approximate surface area is 111 Å². The summed E-state index contributed by atoms with van der Waals surface area (Å²) in [5.41, 5.74) is 0.739. The van der Waals surface area contributed by atoms with Crippen LogP contribution in [-0.2, 0) is 4.79 Å². The number of ether oxygens (including phenoxy) is 1. The summed E-state index contributed by atoms with van der Waals surface area (Å²) in [7, 11) is 3.96. The first-order valence-electron chi connectivity index (χ1n) is 6.05. The molecule has 6 nitrogen and oxygen atoms in total. The molecule has 1 atom stereocenters. The molecular formula is C13H17N3O3. The van der Waals surface area contributed by atoms with E-state index < -0.39 is 12.1 Å². The zero-order valence-corrected chi connectivity index (χ0v) is 11.0. The molecule has 0 unspecified atom stereocenters. The number of carbonyl (C=O) groups excluding carboxylic acids is 2. The van der Waals surface area contributed by atoms with Crippen LogP contribution in [-0.4, -0.2) is 44.1 Å². The monoisotopic (exact) mass is 263 g/mol. The van der Waals surface area contributed by atoms with Crippen LogP contribution in [0.15, 0.2) is 24.3 Å². The Balaban J connectivity index is 1.95. The molecular weight excluding hydrogens is 246 g/mol. The van der Waals surface area contributed by atoms with Gasteiger partial charge in [-0.15, -0.1) is 0 Å². The highest BCUT2D eigenvalue weighted by Crippen LogP contribution is 2.20. The number of nitrogens with one attached hydrogen (secondary N) is 2. The van der Waals surface area contributed by atoms with E-state index in [-0.39, 0.29) is 5.91 Å². The van der Waals surface area contributed by atoms with Gasteiger partial charge >= 0.3 is 6.03 Å². The number of urea groups is 1. The van der Waals surface area contributed by atoms with Gasteiger partial charge in [-0.3, -0.25) is 10.1 Å². The summed E-state index contributed by atoms with van der Waals surface area (Å²) >= 11 is 0. The van der Waals surface area contributed by atoms with E-state index in [2.05, 4.69) is 10.6 Å². The molecule has 0 bridgehead atoms. The minimum Gasteiger partial charge on any atom is -0.492 e. The van der Waals surface area contributed by atoms with Crippen LogP contribution >= 0.6 is 0 Å². The molecule has 19 heavy (non-hydrogen) atoms. The number of imide groups is 1. The maximum atomic E-state index is 11.5. The molecule has 1 aliphatic rings. The lowest BCUT2D eigenvalue weighted by molar-refractivity contribution is -0.120. The summed E-state index contributed by atoms with van der Waals surface area (Å²) in [4.78, 5) is 24.6. The molecule has 1 heterocycles. The maximum absolute atomic E-state index is 11.5. The summed E-state index contributed by atoms with van der Waals surface area (Å²) in [6.45, 7) is 1.44. The summed E-state index contributed by atoms with van der Waals surface area (Å²) in [6.07, 6.45) is 0. The van der Waals surface area contributed by atoms with Crippen molar-refractivity contribution in [2.24, 2.45) is 0 Å². The molecule has 1 aromatic carbocycles. The van der Waals surface area contributed by atoms with Gasteiger partial charge in [0.2, 0.25) is 0 Å². The average molecular weight is 263 g/mol. The predicted octanol–water partition coefficient (Wildman–Crippen LogP) is 0.507. The van der Waals surface area contributed by atoms with Gasteiger partial charge in [-0.2, -0.15) is 0 Å². The van der Waals surface area contributed by atoms with Crippen LogP contribution in [0.1, 0.15) is 11.6 Å². The minimum absolute atomic E-state index is 0.328. The standard InChI is InChI=1S/C13H17N3O3/c1-16(2)7-8-19-10-5-3-9(4-6-10)11-12(17)15-13(18)14-11/h3-6,11H,7-8H2,1-2H3,(H2,14,15,17,18)/t11-/m1/s1.